The van der Waals surface area contributed by atoms with Gasteiger partial charge in [-0.05, 0) is 31.0 Å². The summed E-state index contributed by atoms with van der Waals surface area (Å²) < 4.78 is 17.4. The molecule has 0 aliphatic heterocycles. The van der Waals surface area contributed by atoms with Crippen molar-refractivity contribution in [3.05, 3.63) is 35.6 Å². The van der Waals surface area contributed by atoms with Crippen LogP contribution < -0.4 is 10.6 Å². The fourth-order valence-electron chi connectivity index (χ4n) is 1.48. The number of carbonyl (C=O) groups is 3. The Hall–Kier alpha value is -2.44. The molecule has 0 atom stereocenters. The minimum absolute atomic E-state index is 0.0695. The topological polar surface area (TPSA) is 84.5 Å². The number of carbonyl (C=O) groups excluding carboxylic acids is 3. The van der Waals surface area contributed by atoms with Crippen LogP contribution in [-0.4, -0.2) is 31.1 Å². The molecule has 0 aliphatic carbocycles. The zero-order valence-electron chi connectivity index (χ0n) is 11.6. The van der Waals surface area contributed by atoms with Crippen molar-refractivity contribution in [2.75, 3.05) is 13.2 Å². The summed E-state index contributed by atoms with van der Waals surface area (Å²) in [6.07, 6.45) is 0.455. The van der Waals surface area contributed by atoms with E-state index in [-0.39, 0.29) is 12.2 Å². The van der Waals surface area contributed by atoms with Crippen molar-refractivity contribution < 1.29 is 23.5 Å². The molecule has 0 saturated carbocycles. The summed E-state index contributed by atoms with van der Waals surface area (Å²) in [5.41, 5.74) is 0.792. The molecule has 114 valence electrons. The lowest BCUT2D eigenvalue weighted by molar-refractivity contribution is -0.148. The zero-order chi connectivity index (χ0) is 15.7. The number of urea groups is 1. The number of halogens is 1. The van der Waals surface area contributed by atoms with Crippen LogP contribution in [0.4, 0.5) is 9.18 Å². The molecule has 7 heteroatoms. The second-order valence-corrected chi connectivity index (χ2v) is 4.19. The van der Waals surface area contributed by atoms with E-state index in [1.54, 1.807) is 19.1 Å². The summed E-state index contributed by atoms with van der Waals surface area (Å²) in [6, 6.07) is 5.13. The fraction of sp³-hybridized carbons (Fsp3) is 0.357. The average Bonchev–Trinajstić information content (AvgIpc) is 2.44. The Bertz CT molecular complexity index is 502. The highest BCUT2D eigenvalue weighted by atomic mass is 19.1. The Kier molecular flexibility index (Phi) is 6.86. The van der Waals surface area contributed by atoms with Gasteiger partial charge in [0, 0.05) is 13.0 Å². The first kappa shape index (κ1) is 16.6. The molecule has 0 unspecified atom stereocenters. The van der Waals surface area contributed by atoms with Gasteiger partial charge in [0.05, 0.1) is 0 Å². The number of hydrogen-bond donors (Lipinski definition) is 2. The third-order valence-corrected chi connectivity index (χ3v) is 2.49. The molecule has 0 aliphatic rings. The Morgan fingerprint density at radius 2 is 1.86 bits per heavy atom. The van der Waals surface area contributed by atoms with E-state index in [0.29, 0.717) is 13.0 Å². The van der Waals surface area contributed by atoms with Crippen LogP contribution in [-0.2, 0) is 20.7 Å². The standard InChI is InChI=1S/C14H17FN2O4/c1-2-16-14(20)17-12(18)9-21-13(19)8-5-10-3-6-11(15)7-4-10/h3-4,6-7H,2,5,8-9H2,1H3,(H2,16,17,18,20). The van der Waals surface area contributed by atoms with Gasteiger partial charge in [-0.25, -0.2) is 9.18 Å². The molecular formula is C14H17FN2O4. The predicted octanol–water partition coefficient (Wildman–Crippen LogP) is 1.15. The van der Waals surface area contributed by atoms with Crippen LogP contribution in [0, 0.1) is 5.82 Å². The molecule has 0 radical (unpaired) electrons. The molecule has 3 amide bonds. The van der Waals surface area contributed by atoms with E-state index in [9.17, 15) is 18.8 Å². The summed E-state index contributed by atoms with van der Waals surface area (Å²) in [5, 5.41) is 4.38. The van der Waals surface area contributed by atoms with E-state index in [0.717, 1.165) is 5.56 Å². The lowest BCUT2D eigenvalue weighted by atomic mass is 10.1. The molecule has 6 nitrogen and oxygen atoms in total. The number of esters is 1. The Labute approximate surface area is 121 Å². The first-order valence-corrected chi connectivity index (χ1v) is 6.49. The lowest BCUT2D eigenvalue weighted by Gasteiger charge is -2.06. The normalized spacial score (nSPS) is 9.81. The maximum absolute atomic E-state index is 12.7. The number of nitrogens with one attached hydrogen (secondary N) is 2. The van der Waals surface area contributed by atoms with Gasteiger partial charge < -0.3 is 10.1 Å². The first-order valence-electron chi connectivity index (χ1n) is 6.49. The van der Waals surface area contributed by atoms with Crippen molar-refractivity contribution in [3.63, 3.8) is 0 Å². The molecule has 0 aromatic heterocycles. The third kappa shape index (κ3) is 7.05. The van der Waals surface area contributed by atoms with Gasteiger partial charge in [0.15, 0.2) is 6.61 Å². The second kappa shape index (κ2) is 8.68. The number of benzene rings is 1. The van der Waals surface area contributed by atoms with Crippen LogP contribution in [0.25, 0.3) is 0 Å². The van der Waals surface area contributed by atoms with Crippen molar-refractivity contribution in [1.29, 1.82) is 0 Å². The van der Waals surface area contributed by atoms with E-state index in [4.69, 9.17) is 4.74 Å². The lowest BCUT2D eigenvalue weighted by Crippen LogP contribution is -2.41. The number of aryl methyl sites for hydroxylation is 1. The summed E-state index contributed by atoms with van der Waals surface area (Å²) in [7, 11) is 0. The van der Waals surface area contributed by atoms with Crippen LogP contribution in [0.3, 0.4) is 0 Å². The predicted molar refractivity (Wildman–Crippen MR) is 72.9 cm³/mol. The molecule has 1 aromatic carbocycles. The highest BCUT2D eigenvalue weighted by molar-refractivity contribution is 5.95. The van der Waals surface area contributed by atoms with Gasteiger partial charge >= 0.3 is 12.0 Å². The quantitative estimate of drug-likeness (QED) is 0.771. The van der Waals surface area contributed by atoms with Crippen molar-refractivity contribution in [1.82, 2.24) is 10.6 Å². The minimum atomic E-state index is -0.698. The SMILES string of the molecule is CCNC(=O)NC(=O)COC(=O)CCc1ccc(F)cc1. The van der Waals surface area contributed by atoms with Crippen LogP contribution >= 0.6 is 0 Å². The third-order valence-electron chi connectivity index (χ3n) is 2.49. The van der Waals surface area contributed by atoms with Crippen LogP contribution in [0.5, 0.6) is 0 Å². The van der Waals surface area contributed by atoms with Crippen LogP contribution in [0.2, 0.25) is 0 Å². The van der Waals surface area contributed by atoms with Gasteiger partial charge in [-0.2, -0.15) is 0 Å². The molecule has 2 N–H and O–H groups in total. The van der Waals surface area contributed by atoms with Gasteiger partial charge in [-0.1, -0.05) is 12.1 Å². The largest absolute Gasteiger partial charge is 0.456 e. The Morgan fingerprint density at radius 3 is 2.48 bits per heavy atom. The number of rotatable bonds is 6. The molecular weight excluding hydrogens is 279 g/mol. The van der Waals surface area contributed by atoms with Crippen molar-refractivity contribution in [3.8, 4) is 0 Å². The number of ether oxygens (including phenoxy) is 1. The highest BCUT2D eigenvalue weighted by Crippen LogP contribution is 2.05. The van der Waals surface area contributed by atoms with E-state index < -0.39 is 24.5 Å². The number of hydrogen-bond acceptors (Lipinski definition) is 4. The molecule has 0 saturated heterocycles. The van der Waals surface area contributed by atoms with Crippen molar-refractivity contribution in [2.24, 2.45) is 0 Å². The van der Waals surface area contributed by atoms with E-state index in [1.165, 1.54) is 12.1 Å². The summed E-state index contributed by atoms with van der Waals surface area (Å²) in [4.78, 5) is 33.7. The Morgan fingerprint density at radius 1 is 1.19 bits per heavy atom. The van der Waals surface area contributed by atoms with Crippen molar-refractivity contribution in [2.45, 2.75) is 19.8 Å². The second-order valence-electron chi connectivity index (χ2n) is 4.19. The van der Waals surface area contributed by atoms with E-state index >= 15 is 0 Å². The maximum atomic E-state index is 12.7. The van der Waals surface area contributed by atoms with E-state index in [1.807, 2.05) is 5.32 Å². The molecule has 0 bridgehead atoms. The van der Waals surface area contributed by atoms with Gasteiger partial charge in [-0.3, -0.25) is 14.9 Å². The average molecular weight is 296 g/mol. The smallest absolute Gasteiger partial charge is 0.321 e. The maximum Gasteiger partial charge on any atom is 0.321 e. The van der Waals surface area contributed by atoms with Crippen LogP contribution in [0.1, 0.15) is 18.9 Å². The molecule has 0 spiro atoms. The first-order chi connectivity index (χ1) is 10.0. The number of amides is 3. The van der Waals surface area contributed by atoms with Gasteiger partial charge in [0.25, 0.3) is 5.91 Å². The summed E-state index contributed by atoms with van der Waals surface area (Å²) in [5.74, 6) is -1.61. The minimum Gasteiger partial charge on any atom is -0.456 e. The van der Waals surface area contributed by atoms with Crippen molar-refractivity contribution >= 4 is 17.9 Å². The zero-order valence-corrected chi connectivity index (χ0v) is 11.6. The highest BCUT2D eigenvalue weighted by Gasteiger charge is 2.10. The molecule has 0 heterocycles. The van der Waals surface area contributed by atoms with Gasteiger partial charge in [0.2, 0.25) is 0 Å². The summed E-state index contributed by atoms with van der Waals surface area (Å²) >= 11 is 0. The van der Waals surface area contributed by atoms with Gasteiger partial charge in [0.1, 0.15) is 5.82 Å². The fourth-order valence-corrected chi connectivity index (χ4v) is 1.48. The molecule has 21 heavy (non-hydrogen) atoms. The van der Waals surface area contributed by atoms with Gasteiger partial charge in [-0.15, -0.1) is 0 Å². The van der Waals surface area contributed by atoms with E-state index in [2.05, 4.69) is 5.32 Å². The van der Waals surface area contributed by atoms with Crippen LogP contribution in [0.15, 0.2) is 24.3 Å². The molecule has 1 rings (SSSR count). The molecule has 1 aromatic rings. The summed E-state index contributed by atoms with van der Waals surface area (Å²) in [6.45, 7) is 1.58. The monoisotopic (exact) mass is 296 g/mol. The number of imide groups is 1. The Balaban J connectivity index is 2.23. The molecule has 0 fully saturated rings.